The zero-order chi connectivity index (χ0) is 13.1. The number of rotatable bonds is 5. The molecule has 0 aromatic heterocycles. The van der Waals surface area contributed by atoms with E-state index < -0.39 is 12.4 Å². The second-order valence-corrected chi connectivity index (χ2v) is 3.95. The van der Waals surface area contributed by atoms with Crippen LogP contribution in [0.25, 0.3) is 0 Å². The SMILES string of the molecule is COC(C)COc1ccc([B-](F)(F)F)c(C)c1.[K+]. The molecule has 0 heterocycles. The number of aryl methyl sites for hydroxylation is 1. The molecule has 0 radical (unpaired) electrons. The molecule has 18 heavy (non-hydrogen) atoms. The van der Waals surface area contributed by atoms with Crippen molar-refractivity contribution in [1.82, 2.24) is 0 Å². The summed E-state index contributed by atoms with van der Waals surface area (Å²) >= 11 is 0. The average Bonchev–Trinajstić information content (AvgIpc) is 2.24. The molecule has 0 amide bonds. The van der Waals surface area contributed by atoms with E-state index in [1.54, 1.807) is 7.11 Å². The molecule has 96 valence electrons. The summed E-state index contributed by atoms with van der Waals surface area (Å²) in [6.07, 6.45) is -0.0955. The van der Waals surface area contributed by atoms with Gasteiger partial charge in [0.05, 0.1) is 6.10 Å². The van der Waals surface area contributed by atoms with Gasteiger partial charge in [-0.25, -0.2) is 0 Å². The zero-order valence-electron chi connectivity index (χ0n) is 11.0. The maximum absolute atomic E-state index is 12.6. The van der Waals surface area contributed by atoms with Gasteiger partial charge in [0.25, 0.3) is 0 Å². The summed E-state index contributed by atoms with van der Waals surface area (Å²) in [6.45, 7) is -1.39. The molecule has 1 unspecified atom stereocenters. The first-order chi connectivity index (χ1) is 7.84. The van der Waals surface area contributed by atoms with Gasteiger partial charge in [0.1, 0.15) is 12.4 Å². The maximum Gasteiger partial charge on any atom is 1.00 e. The van der Waals surface area contributed by atoms with Gasteiger partial charge in [-0.2, -0.15) is 0 Å². The Morgan fingerprint density at radius 1 is 1.28 bits per heavy atom. The Morgan fingerprint density at radius 3 is 2.33 bits per heavy atom. The van der Waals surface area contributed by atoms with Crippen molar-refractivity contribution in [3.05, 3.63) is 23.8 Å². The van der Waals surface area contributed by atoms with E-state index in [0.29, 0.717) is 12.4 Å². The molecule has 0 bridgehead atoms. The molecule has 0 saturated heterocycles. The van der Waals surface area contributed by atoms with Crippen LogP contribution in [0.3, 0.4) is 0 Å². The van der Waals surface area contributed by atoms with Crippen LogP contribution >= 0.6 is 0 Å². The fourth-order valence-electron chi connectivity index (χ4n) is 1.39. The van der Waals surface area contributed by atoms with Crippen molar-refractivity contribution >= 4 is 12.4 Å². The molecule has 0 saturated carbocycles. The summed E-state index contributed by atoms with van der Waals surface area (Å²) in [5.41, 5.74) is -0.391. The predicted octanol–water partition coefficient (Wildman–Crippen LogP) is -0.533. The summed E-state index contributed by atoms with van der Waals surface area (Å²) in [4.78, 5) is 0. The van der Waals surface area contributed by atoms with Crippen LogP contribution in [0.15, 0.2) is 18.2 Å². The largest absolute Gasteiger partial charge is 1.00 e. The van der Waals surface area contributed by atoms with E-state index in [-0.39, 0.29) is 63.1 Å². The van der Waals surface area contributed by atoms with Crippen molar-refractivity contribution in [2.45, 2.75) is 20.0 Å². The molecule has 0 fully saturated rings. The minimum absolute atomic E-state index is 0. The van der Waals surface area contributed by atoms with Crippen LogP contribution in [0.2, 0.25) is 0 Å². The normalized spacial score (nSPS) is 12.8. The van der Waals surface area contributed by atoms with Crippen LogP contribution in [0.1, 0.15) is 12.5 Å². The van der Waals surface area contributed by atoms with Gasteiger partial charge in [0.2, 0.25) is 0 Å². The number of ether oxygens (including phenoxy) is 2. The Bertz CT molecular complexity index is 385. The number of methoxy groups -OCH3 is 1. The Labute approximate surface area is 148 Å². The number of halogens is 3. The van der Waals surface area contributed by atoms with Crippen LogP contribution < -0.4 is 61.6 Å². The van der Waals surface area contributed by atoms with Gasteiger partial charge in [0, 0.05) is 7.11 Å². The van der Waals surface area contributed by atoms with E-state index in [0.717, 1.165) is 6.07 Å². The van der Waals surface area contributed by atoms with Gasteiger partial charge in [-0.1, -0.05) is 11.6 Å². The third kappa shape index (κ3) is 5.63. The Kier molecular flexibility index (Phi) is 8.12. The second kappa shape index (κ2) is 7.92. The quantitative estimate of drug-likeness (QED) is 0.677. The summed E-state index contributed by atoms with van der Waals surface area (Å²) in [6, 6.07) is 3.79. The molecule has 0 spiro atoms. The van der Waals surface area contributed by atoms with Crippen molar-refractivity contribution in [3.63, 3.8) is 0 Å². The molecule has 1 aromatic rings. The number of hydrogen-bond acceptors (Lipinski definition) is 2. The van der Waals surface area contributed by atoms with Crippen molar-refractivity contribution in [3.8, 4) is 5.75 Å². The maximum atomic E-state index is 12.6. The van der Waals surface area contributed by atoms with Crippen molar-refractivity contribution < 1.29 is 73.8 Å². The monoisotopic (exact) mass is 286 g/mol. The van der Waals surface area contributed by atoms with Crippen LogP contribution in [-0.4, -0.2) is 26.8 Å². The summed E-state index contributed by atoms with van der Waals surface area (Å²) in [7, 11) is 1.55. The molecule has 0 aliphatic carbocycles. The fourth-order valence-corrected chi connectivity index (χ4v) is 1.39. The van der Waals surface area contributed by atoms with Gasteiger partial charge in [-0.15, -0.1) is 5.46 Å². The standard InChI is InChI=1S/C11H15BF3O2.K/c1-8-6-10(17-7-9(2)16-3)4-5-11(8)12(13,14)15;/h4-6,9H,7H2,1-3H3;/q-1;+1. The third-order valence-corrected chi connectivity index (χ3v) is 2.48. The molecule has 0 N–H and O–H groups in total. The molecule has 2 nitrogen and oxygen atoms in total. The van der Waals surface area contributed by atoms with E-state index >= 15 is 0 Å². The molecule has 1 aromatic carbocycles. The topological polar surface area (TPSA) is 18.5 Å². The Hall–Kier alpha value is 0.471. The van der Waals surface area contributed by atoms with Gasteiger partial charge >= 0.3 is 58.4 Å². The van der Waals surface area contributed by atoms with Crippen molar-refractivity contribution in [2.75, 3.05) is 13.7 Å². The van der Waals surface area contributed by atoms with Gasteiger partial charge in [-0.3, -0.25) is 0 Å². The first kappa shape index (κ1) is 18.5. The molecule has 1 atom stereocenters. The molecular weight excluding hydrogens is 271 g/mol. The fraction of sp³-hybridized carbons (Fsp3) is 0.455. The van der Waals surface area contributed by atoms with Gasteiger partial charge in [0.15, 0.2) is 0 Å². The molecule has 7 heteroatoms. The molecule has 0 aliphatic rings. The van der Waals surface area contributed by atoms with E-state index in [1.807, 2.05) is 6.92 Å². The molecule has 0 aliphatic heterocycles. The summed E-state index contributed by atoms with van der Waals surface area (Å²) in [5, 5.41) is 0. The minimum Gasteiger partial charge on any atom is -0.491 e. The van der Waals surface area contributed by atoms with E-state index in [9.17, 15) is 12.9 Å². The third-order valence-electron chi connectivity index (χ3n) is 2.48. The van der Waals surface area contributed by atoms with E-state index in [2.05, 4.69) is 0 Å². The summed E-state index contributed by atoms with van der Waals surface area (Å²) < 4.78 is 48.0. The Balaban J connectivity index is 0.00000289. The van der Waals surface area contributed by atoms with Gasteiger partial charge < -0.3 is 22.4 Å². The van der Waals surface area contributed by atoms with Crippen LogP contribution in [0.4, 0.5) is 12.9 Å². The predicted molar refractivity (Wildman–Crippen MR) is 61.9 cm³/mol. The van der Waals surface area contributed by atoms with E-state index in [4.69, 9.17) is 9.47 Å². The van der Waals surface area contributed by atoms with Crippen LogP contribution in [-0.2, 0) is 4.74 Å². The van der Waals surface area contributed by atoms with Crippen LogP contribution in [0.5, 0.6) is 5.75 Å². The van der Waals surface area contributed by atoms with Crippen molar-refractivity contribution in [2.24, 2.45) is 0 Å². The van der Waals surface area contributed by atoms with E-state index in [1.165, 1.54) is 19.1 Å². The van der Waals surface area contributed by atoms with Crippen molar-refractivity contribution in [1.29, 1.82) is 0 Å². The summed E-state index contributed by atoms with van der Waals surface area (Å²) in [5.74, 6) is 0.426. The van der Waals surface area contributed by atoms with Crippen LogP contribution in [0, 0.1) is 6.92 Å². The molecule has 1 rings (SSSR count). The number of benzene rings is 1. The first-order valence-corrected chi connectivity index (χ1v) is 5.30. The average molecular weight is 286 g/mol. The first-order valence-electron chi connectivity index (χ1n) is 5.30. The molecular formula is C11H15BF3KO2. The zero-order valence-corrected chi connectivity index (χ0v) is 14.2. The smallest absolute Gasteiger partial charge is 0.491 e. The second-order valence-electron chi connectivity index (χ2n) is 3.95. The Morgan fingerprint density at radius 2 is 1.89 bits per heavy atom. The number of hydrogen-bond donors (Lipinski definition) is 0. The minimum atomic E-state index is -4.95. The van der Waals surface area contributed by atoms with Gasteiger partial charge in [-0.05, 0) is 26.0 Å².